The van der Waals surface area contributed by atoms with Crippen LogP contribution in [0.2, 0.25) is 0 Å². The maximum atomic E-state index is 3.55. The Morgan fingerprint density at radius 2 is 1.72 bits per heavy atom. The molecule has 0 bridgehead atoms. The minimum atomic E-state index is -0.483. The summed E-state index contributed by atoms with van der Waals surface area (Å²) >= 11 is 3.55. The van der Waals surface area contributed by atoms with E-state index in [9.17, 15) is 0 Å². The molecular formula is C28H39BrN2Si. The molecule has 0 spiro atoms. The molecule has 0 fully saturated rings. The predicted octanol–water partition coefficient (Wildman–Crippen LogP) is 5.54. The maximum absolute atomic E-state index is 3.55. The number of hydrogen-bond donors (Lipinski definition) is 0. The maximum Gasteiger partial charge on any atom is 0.0839 e. The van der Waals surface area contributed by atoms with Crippen molar-refractivity contribution in [2.45, 2.75) is 53.2 Å². The average molecular weight is 512 g/mol. The standard InChI is InChI=1S/C28H39BrN2Si/c1-8-31(20-11-9-10-19-27(2,3)4)22-23-13-12-14-25(21-23)30(7)28(5,6)32-26-17-15-24(29)16-18-26/h9,11-18,21H,8,20,22,32H2,1-7H3/b11-9+. The van der Waals surface area contributed by atoms with Crippen LogP contribution < -0.4 is 10.1 Å². The van der Waals surface area contributed by atoms with Crippen LogP contribution in [-0.4, -0.2) is 39.7 Å². The number of hydrogen-bond acceptors (Lipinski definition) is 2. The third-order valence-corrected chi connectivity index (χ3v) is 8.37. The van der Waals surface area contributed by atoms with Gasteiger partial charge >= 0.3 is 0 Å². The summed E-state index contributed by atoms with van der Waals surface area (Å²) in [4.78, 5) is 4.90. The number of likely N-dealkylation sites (N-methyl/N-ethyl adjacent to an activating group) is 1. The zero-order valence-electron chi connectivity index (χ0n) is 20.9. The highest BCUT2D eigenvalue weighted by atomic mass is 79.9. The van der Waals surface area contributed by atoms with Gasteiger partial charge in [0.15, 0.2) is 0 Å². The monoisotopic (exact) mass is 510 g/mol. The van der Waals surface area contributed by atoms with Gasteiger partial charge in [-0.2, -0.15) is 0 Å². The van der Waals surface area contributed by atoms with E-state index in [1.807, 2.05) is 6.08 Å². The van der Waals surface area contributed by atoms with Crippen LogP contribution in [-0.2, 0) is 6.54 Å². The molecule has 0 radical (unpaired) electrons. The molecule has 0 saturated carbocycles. The van der Waals surface area contributed by atoms with Crippen molar-refractivity contribution in [3.8, 4) is 11.8 Å². The lowest BCUT2D eigenvalue weighted by Gasteiger charge is -2.38. The van der Waals surface area contributed by atoms with Gasteiger partial charge in [0.1, 0.15) is 0 Å². The van der Waals surface area contributed by atoms with Crippen molar-refractivity contribution in [3.05, 3.63) is 70.7 Å². The van der Waals surface area contributed by atoms with Crippen LogP contribution in [0.1, 0.15) is 47.1 Å². The van der Waals surface area contributed by atoms with Gasteiger partial charge in [0.2, 0.25) is 0 Å². The Morgan fingerprint density at radius 1 is 1.03 bits per heavy atom. The Labute approximate surface area is 207 Å². The number of rotatable bonds is 9. The van der Waals surface area contributed by atoms with Crippen LogP contribution in [0.25, 0.3) is 0 Å². The molecule has 0 aliphatic heterocycles. The van der Waals surface area contributed by atoms with Gasteiger partial charge in [0.05, 0.1) is 9.52 Å². The van der Waals surface area contributed by atoms with Crippen molar-refractivity contribution < 1.29 is 0 Å². The van der Waals surface area contributed by atoms with E-state index in [4.69, 9.17) is 0 Å². The molecule has 2 aromatic carbocycles. The van der Waals surface area contributed by atoms with Gasteiger partial charge in [-0.1, -0.05) is 70.2 Å². The first kappa shape index (κ1) is 26.4. The first-order valence-electron chi connectivity index (χ1n) is 11.5. The molecule has 0 heterocycles. The van der Waals surface area contributed by atoms with Crippen LogP contribution in [0.5, 0.6) is 0 Å². The minimum absolute atomic E-state index is 0.0508. The molecule has 0 atom stereocenters. The fraction of sp³-hybridized carbons (Fsp3) is 0.429. The Balaban J connectivity index is 2.04. The summed E-state index contributed by atoms with van der Waals surface area (Å²) in [6, 6.07) is 17.9. The normalized spacial score (nSPS) is 12.5. The number of anilines is 1. The molecule has 0 aliphatic carbocycles. The van der Waals surface area contributed by atoms with Gasteiger partial charge in [0, 0.05) is 40.9 Å². The van der Waals surface area contributed by atoms with Crippen molar-refractivity contribution >= 4 is 36.3 Å². The Kier molecular flexibility index (Phi) is 9.82. The average Bonchev–Trinajstić information content (AvgIpc) is 2.73. The largest absolute Gasteiger partial charge is 0.372 e. The molecule has 0 amide bonds. The van der Waals surface area contributed by atoms with Crippen LogP contribution in [0.15, 0.2) is 65.2 Å². The summed E-state index contributed by atoms with van der Waals surface area (Å²) < 4.78 is 1.14. The third-order valence-electron chi connectivity index (χ3n) is 5.62. The fourth-order valence-electron chi connectivity index (χ4n) is 3.52. The first-order chi connectivity index (χ1) is 15.0. The second-order valence-corrected chi connectivity index (χ2v) is 13.9. The molecule has 2 rings (SSSR count). The molecule has 2 nitrogen and oxygen atoms in total. The Morgan fingerprint density at radius 3 is 2.34 bits per heavy atom. The van der Waals surface area contributed by atoms with Crippen molar-refractivity contribution in [2.75, 3.05) is 25.0 Å². The zero-order valence-corrected chi connectivity index (χ0v) is 23.9. The molecule has 4 heteroatoms. The molecule has 0 N–H and O–H groups in total. The third kappa shape index (κ3) is 8.98. The van der Waals surface area contributed by atoms with E-state index in [0.717, 1.165) is 24.1 Å². The second-order valence-electron chi connectivity index (χ2n) is 10.1. The molecule has 0 aliphatic rings. The number of benzene rings is 2. The number of nitrogens with zero attached hydrogens (tertiary/aromatic N) is 2. The van der Waals surface area contributed by atoms with E-state index in [2.05, 4.69) is 141 Å². The lowest BCUT2D eigenvalue weighted by molar-refractivity contribution is 0.311. The molecular weight excluding hydrogens is 472 g/mol. The molecule has 0 saturated heterocycles. The number of halogens is 1. The van der Waals surface area contributed by atoms with Crippen LogP contribution >= 0.6 is 15.9 Å². The highest BCUT2D eigenvalue weighted by molar-refractivity contribution is 9.10. The predicted molar refractivity (Wildman–Crippen MR) is 149 cm³/mol. The highest BCUT2D eigenvalue weighted by Crippen LogP contribution is 2.23. The van der Waals surface area contributed by atoms with E-state index in [1.54, 1.807) is 0 Å². The van der Waals surface area contributed by atoms with Gasteiger partial charge in [-0.25, -0.2) is 0 Å². The first-order valence-corrected chi connectivity index (χ1v) is 13.7. The quantitative estimate of drug-likeness (QED) is 0.322. The fourth-order valence-corrected chi connectivity index (χ4v) is 5.67. The molecule has 172 valence electrons. The zero-order chi connectivity index (χ0) is 23.8. The van der Waals surface area contributed by atoms with Crippen molar-refractivity contribution in [1.82, 2.24) is 4.90 Å². The van der Waals surface area contributed by atoms with Crippen LogP contribution in [0, 0.1) is 17.3 Å². The molecule has 0 unspecified atom stereocenters. The summed E-state index contributed by atoms with van der Waals surface area (Å²) in [5, 5.41) is 1.63. The van der Waals surface area contributed by atoms with E-state index >= 15 is 0 Å². The van der Waals surface area contributed by atoms with Gasteiger partial charge in [-0.05, 0) is 77.1 Å². The lowest BCUT2D eigenvalue weighted by Crippen LogP contribution is -2.50. The van der Waals surface area contributed by atoms with Crippen LogP contribution in [0.4, 0.5) is 5.69 Å². The number of allylic oxidation sites excluding steroid dienone is 1. The second kappa shape index (κ2) is 11.9. The van der Waals surface area contributed by atoms with E-state index < -0.39 is 9.52 Å². The topological polar surface area (TPSA) is 6.48 Å². The summed E-state index contributed by atoms with van der Waals surface area (Å²) in [5.41, 5.74) is 2.70. The van der Waals surface area contributed by atoms with E-state index in [1.165, 1.54) is 16.4 Å². The SMILES string of the molecule is CCN(C/C=C/C#CC(C)(C)C)Cc1cccc(N(C)C(C)(C)[SiH2]c2ccc(Br)cc2)c1. The smallest absolute Gasteiger partial charge is 0.0839 e. The lowest BCUT2D eigenvalue weighted by atomic mass is 9.98. The van der Waals surface area contributed by atoms with Gasteiger partial charge in [-0.3, -0.25) is 4.90 Å². The van der Waals surface area contributed by atoms with Crippen molar-refractivity contribution in [1.29, 1.82) is 0 Å². The summed E-state index contributed by atoms with van der Waals surface area (Å²) in [7, 11) is 1.75. The summed E-state index contributed by atoms with van der Waals surface area (Å²) in [6.07, 6.45) is 4.17. The Bertz CT molecular complexity index is 946. The Hall–Kier alpha value is -1.80. The minimum Gasteiger partial charge on any atom is -0.372 e. The molecule has 0 aromatic heterocycles. The van der Waals surface area contributed by atoms with Crippen molar-refractivity contribution in [2.24, 2.45) is 5.41 Å². The van der Waals surface area contributed by atoms with E-state index in [0.29, 0.717) is 0 Å². The van der Waals surface area contributed by atoms with Gasteiger partial charge < -0.3 is 4.90 Å². The van der Waals surface area contributed by atoms with Gasteiger partial charge in [-0.15, -0.1) is 0 Å². The summed E-state index contributed by atoms with van der Waals surface area (Å²) in [6.45, 7) is 16.2. The van der Waals surface area contributed by atoms with Crippen molar-refractivity contribution in [3.63, 3.8) is 0 Å². The highest BCUT2D eigenvalue weighted by Gasteiger charge is 2.25. The molecule has 32 heavy (non-hydrogen) atoms. The molecule has 2 aromatic rings. The summed E-state index contributed by atoms with van der Waals surface area (Å²) in [5.74, 6) is 6.43. The van der Waals surface area contributed by atoms with Gasteiger partial charge in [0.25, 0.3) is 0 Å². The van der Waals surface area contributed by atoms with Crippen LogP contribution in [0.3, 0.4) is 0 Å². The van der Waals surface area contributed by atoms with E-state index in [-0.39, 0.29) is 10.6 Å².